The van der Waals surface area contributed by atoms with E-state index in [0.29, 0.717) is 6.61 Å². The Kier molecular flexibility index (Phi) is 4.07. The molecule has 1 aromatic heterocycles. The van der Waals surface area contributed by atoms with Crippen LogP contribution in [0.3, 0.4) is 0 Å². The van der Waals surface area contributed by atoms with Gasteiger partial charge in [-0.3, -0.25) is 20.2 Å². The number of rotatable bonds is 5. The normalized spacial score (nSPS) is 10.2. The van der Waals surface area contributed by atoms with E-state index in [9.17, 15) is 19.3 Å². The summed E-state index contributed by atoms with van der Waals surface area (Å²) in [4.78, 5) is 25.3. The number of aromatic amines is 1. The molecule has 1 amide bonds. The van der Waals surface area contributed by atoms with Crippen molar-refractivity contribution in [1.82, 2.24) is 15.2 Å². The van der Waals surface area contributed by atoms with Crippen molar-refractivity contribution in [2.24, 2.45) is 0 Å². The third-order valence-corrected chi connectivity index (χ3v) is 2.38. The maximum Gasteiger partial charge on any atom is 0.337 e. The van der Waals surface area contributed by atoms with Crippen LogP contribution in [-0.2, 0) is 0 Å². The third-order valence-electron chi connectivity index (χ3n) is 2.38. The van der Waals surface area contributed by atoms with Gasteiger partial charge in [-0.2, -0.15) is 9.37 Å². The van der Waals surface area contributed by atoms with Crippen molar-refractivity contribution in [3.05, 3.63) is 39.7 Å². The first kappa shape index (κ1) is 14.4. The van der Waals surface area contributed by atoms with Crippen LogP contribution in [0.5, 0.6) is 6.01 Å². The van der Waals surface area contributed by atoms with Crippen LogP contribution < -0.4 is 10.1 Å². The van der Waals surface area contributed by atoms with Crippen molar-refractivity contribution in [3.8, 4) is 6.01 Å². The summed E-state index contributed by atoms with van der Waals surface area (Å²) >= 11 is 0. The lowest BCUT2D eigenvalue weighted by molar-refractivity contribution is -0.387. The maximum atomic E-state index is 13.4. The van der Waals surface area contributed by atoms with E-state index in [1.165, 1.54) is 0 Å². The van der Waals surface area contributed by atoms with Gasteiger partial charge in [-0.25, -0.2) is 5.10 Å². The van der Waals surface area contributed by atoms with Gasteiger partial charge in [0.05, 0.1) is 11.5 Å². The first-order valence-electron chi connectivity index (χ1n) is 5.81. The summed E-state index contributed by atoms with van der Waals surface area (Å²) in [6.07, 6.45) is 0. The Labute approximate surface area is 117 Å². The van der Waals surface area contributed by atoms with E-state index in [4.69, 9.17) is 4.74 Å². The molecule has 0 fully saturated rings. The molecule has 0 spiro atoms. The predicted octanol–water partition coefficient (Wildman–Crippen LogP) is 1.50. The van der Waals surface area contributed by atoms with E-state index >= 15 is 0 Å². The number of carbonyl (C=O) groups is 1. The Hall–Kier alpha value is -3.04. The molecule has 0 aliphatic carbocycles. The number of halogens is 1. The SMILES string of the molecule is CCOc1n[nH]c(NC(=O)c2ccc([N+](=O)[O-])c(F)c2)n1. The number of anilines is 1. The van der Waals surface area contributed by atoms with Gasteiger partial charge < -0.3 is 4.74 Å². The van der Waals surface area contributed by atoms with Crippen LogP contribution in [0, 0.1) is 15.9 Å². The van der Waals surface area contributed by atoms with Gasteiger partial charge in [0.25, 0.3) is 5.91 Å². The molecule has 2 N–H and O–H groups in total. The molecule has 110 valence electrons. The lowest BCUT2D eigenvalue weighted by atomic mass is 10.2. The fraction of sp³-hybridized carbons (Fsp3) is 0.182. The monoisotopic (exact) mass is 295 g/mol. The number of nitrogens with zero attached hydrogens (tertiary/aromatic N) is 3. The number of benzene rings is 1. The van der Waals surface area contributed by atoms with Crippen LogP contribution >= 0.6 is 0 Å². The number of hydrogen-bond donors (Lipinski definition) is 2. The average Bonchev–Trinajstić information content (AvgIpc) is 2.86. The second-order valence-electron chi connectivity index (χ2n) is 3.78. The molecule has 0 atom stereocenters. The largest absolute Gasteiger partial charge is 0.463 e. The van der Waals surface area contributed by atoms with Crippen molar-refractivity contribution in [2.75, 3.05) is 11.9 Å². The zero-order valence-electron chi connectivity index (χ0n) is 10.8. The van der Waals surface area contributed by atoms with Gasteiger partial charge in [0, 0.05) is 11.6 Å². The summed E-state index contributed by atoms with van der Waals surface area (Å²) in [5, 5.41) is 18.9. The first-order chi connectivity index (χ1) is 10.0. The molecule has 0 bridgehead atoms. The Morgan fingerprint density at radius 3 is 2.95 bits per heavy atom. The smallest absolute Gasteiger partial charge is 0.337 e. The molecule has 9 nitrogen and oxygen atoms in total. The fourth-order valence-electron chi connectivity index (χ4n) is 1.47. The number of carbonyl (C=O) groups excluding carboxylic acids is 1. The minimum absolute atomic E-state index is 0.0159. The molecule has 1 aromatic carbocycles. The number of nitro groups is 1. The number of nitro benzene ring substituents is 1. The highest BCUT2D eigenvalue weighted by Crippen LogP contribution is 2.18. The molecule has 0 radical (unpaired) electrons. The molecule has 0 saturated carbocycles. The highest BCUT2D eigenvalue weighted by atomic mass is 19.1. The van der Waals surface area contributed by atoms with Crippen LogP contribution in [0.1, 0.15) is 17.3 Å². The maximum absolute atomic E-state index is 13.4. The number of nitrogens with one attached hydrogen (secondary N) is 2. The Morgan fingerprint density at radius 1 is 1.57 bits per heavy atom. The summed E-state index contributed by atoms with van der Waals surface area (Å²) in [7, 11) is 0. The summed E-state index contributed by atoms with van der Waals surface area (Å²) < 4.78 is 18.4. The number of hydrogen-bond acceptors (Lipinski definition) is 6. The van der Waals surface area contributed by atoms with Crippen LogP contribution in [-0.4, -0.2) is 32.6 Å². The quantitative estimate of drug-likeness (QED) is 0.636. The topological polar surface area (TPSA) is 123 Å². The van der Waals surface area contributed by atoms with E-state index in [-0.39, 0.29) is 17.5 Å². The van der Waals surface area contributed by atoms with Gasteiger partial charge in [-0.1, -0.05) is 0 Å². The van der Waals surface area contributed by atoms with Gasteiger partial charge in [-0.15, -0.1) is 5.10 Å². The lowest BCUT2D eigenvalue weighted by Crippen LogP contribution is -2.13. The molecule has 0 aliphatic heterocycles. The lowest BCUT2D eigenvalue weighted by Gasteiger charge is -2.01. The average molecular weight is 295 g/mol. The van der Waals surface area contributed by atoms with Crippen molar-refractivity contribution in [2.45, 2.75) is 6.92 Å². The molecule has 21 heavy (non-hydrogen) atoms. The van der Waals surface area contributed by atoms with Gasteiger partial charge in [0.15, 0.2) is 0 Å². The van der Waals surface area contributed by atoms with Crippen LogP contribution in [0.4, 0.5) is 16.0 Å². The van der Waals surface area contributed by atoms with Crippen LogP contribution in [0.25, 0.3) is 0 Å². The minimum atomic E-state index is -1.10. The molecular weight excluding hydrogens is 285 g/mol. The Balaban J connectivity index is 2.12. The van der Waals surface area contributed by atoms with E-state index in [0.717, 1.165) is 18.2 Å². The zero-order valence-corrected chi connectivity index (χ0v) is 10.8. The molecular formula is C11H10FN5O4. The van der Waals surface area contributed by atoms with E-state index in [1.807, 2.05) is 0 Å². The van der Waals surface area contributed by atoms with Gasteiger partial charge in [0.2, 0.25) is 11.8 Å². The van der Waals surface area contributed by atoms with E-state index < -0.39 is 22.3 Å². The van der Waals surface area contributed by atoms with Crippen molar-refractivity contribution < 1.29 is 18.8 Å². The second-order valence-corrected chi connectivity index (χ2v) is 3.78. The molecule has 0 unspecified atom stereocenters. The van der Waals surface area contributed by atoms with Crippen LogP contribution in [0.15, 0.2) is 18.2 Å². The van der Waals surface area contributed by atoms with Gasteiger partial charge >= 0.3 is 11.7 Å². The summed E-state index contributed by atoms with van der Waals surface area (Å²) in [6, 6.07) is 2.88. The van der Waals surface area contributed by atoms with Crippen LogP contribution in [0.2, 0.25) is 0 Å². The summed E-state index contributed by atoms with van der Waals surface area (Å²) in [6.45, 7) is 2.10. The highest BCUT2D eigenvalue weighted by molar-refractivity contribution is 6.03. The molecule has 10 heteroatoms. The Bertz CT molecular complexity index is 687. The minimum Gasteiger partial charge on any atom is -0.463 e. The third kappa shape index (κ3) is 3.29. The molecule has 0 aliphatic rings. The first-order valence-corrected chi connectivity index (χ1v) is 5.81. The van der Waals surface area contributed by atoms with Crippen molar-refractivity contribution in [3.63, 3.8) is 0 Å². The van der Waals surface area contributed by atoms with E-state index in [2.05, 4.69) is 20.5 Å². The van der Waals surface area contributed by atoms with Crippen molar-refractivity contribution in [1.29, 1.82) is 0 Å². The zero-order chi connectivity index (χ0) is 15.4. The van der Waals surface area contributed by atoms with Gasteiger partial charge in [0.1, 0.15) is 0 Å². The number of ether oxygens (including phenoxy) is 1. The fourth-order valence-corrected chi connectivity index (χ4v) is 1.47. The molecule has 0 saturated heterocycles. The highest BCUT2D eigenvalue weighted by Gasteiger charge is 2.17. The van der Waals surface area contributed by atoms with Gasteiger partial charge in [-0.05, 0) is 19.1 Å². The number of aromatic nitrogens is 3. The summed E-state index contributed by atoms with van der Waals surface area (Å²) in [5.41, 5.74) is -0.794. The number of amides is 1. The standard InChI is InChI=1S/C11H10FN5O4/c1-2-21-11-14-10(15-16-11)13-9(18)6-3-4-8(17(19)20)7(12)5-6/h3-5H,2H2,1H3,(H2,13,14,15,16,18). The van der Waals surface area contributed by atoms with E-state index in [1.54, 1.807) is 6.92 Å². The molecule has 2 aromatic rings. The molecule has 1 heterocycles. The Morgan fingerprint density at radius 2 is 2.33 bits per heavy atom. The molecule has 2 rings (SSSR count). The summed E-state index contributed by atoms with van der Waals surface area (Å²) in [5.74, 6) is -1.77. The van der Waals surface area contributed by atoms with Crippen molar-refractivity contribution >= 4 is 17.5 Å². The predicted molar refractivity (Wildman–Crippen MR) is 68.6 cm³/mol. The number of H-pyrrole nitrogens is 1. The second kappa shape index (κ2) is 5.94.